The highest BCUT2D eigenvalue weighted by molar-refractivity contribution is 5.75. The molecule has 18 heavy (non-hydrogen) atoms. The number of nitrogens with two attached hydrogens (primary N) is 1. The number of unbranched alkanes of at least 4 members (excludes halogenated alkanes) is 2. The van der Waals surface area contributed by atoms with Gasteiger partial charge in [-0.3, -0.25) is 10.2 Å². The minimum Gasteiger partial charge on any atom is -0.330 e. The molecule has 0 aliphatic heterocycles. The van der Waals surface area contributed by atoms with Crippen molar-refractivity contribution in [2.45, 2.75) is 32.1 Å². The molecule has 1 amide bonds. The summed E-state index contributed by atoms with van der Waals surface area (Å²) in [6.07, 6.45) is 4.40. The maximum absolute atomic E-state index is 11.4. The average Bonchev–Trinajstić information content (AvgIpc) is 2.41. The Labute approximate surface area is 109 Å². The molecule has 0 aliphatic rings. The van der Waals surface area contributed by atoms with E-state index in [0.29, 0.717) is 13.0 Å². The van der Waals surface area contributed by atoms with Gasteiger partial charge in [0.1, 0.15) is 0 Å². The van der Waals surface area contributed by atoms with Crippen LogP contribution in [0, 0.1) is 0 Å². The molecule has 0 saturated heterocycles. The molecule has 0 aliphatic carbocycles. The number of amides is 1. The third-order valence-electron chi connectivity index (χ3n) is 2.72. The van der Waals surface area contributed by atoms with Crippen LogP contribution in [0.4, 0.5) is 0 Å². The number of nitrogens with one attached hydrogen (secondary N) is 2. The highest BCUT2D eigenvalue weighted by Crippen LogP contribution is 1.99. The lowest BCUT2D eigenvalue weighted by molar-refractivity contribution is -0.122. The van der Waals surface area contributed by atoms with Gasteiger partial charge in [-0.15, -0.1) is 0 Å². The Bertz CT molecular complexity index is 327. The minimum absolute atomic E-state index is 0.0556. The third-order valence-corrected chi connectivity index (χ3v) is 2.72. The predicted molar refractivity (Wildman–Crippen MR) is 73.8 cm³/mol. The second-order valence-corrected chi connectivity index (χ2v) is 4.31. The van der Waals surface area contributed by atoms with Crippen molar-refractivity contribution in [1.82, 2.24) is 10.9 Å². The van der Waals surface area contributed by atoms with E-state index in [9.17, 15) is 4.79 Å². The summed E-state index contributed by atoms with van der Waals surface area (Å²) in [7, 11) is 0. The summed E-state index contributed by atoms with van der Waals surface area (Å²) in [6.45, 7) is 1.45. The van der Waals surface area contributed by atoms with Crippen LogP contribution >= 0.6 is 0 Å². The molecule has 1 aromatic rings. The van der Waals surface area contributed by atoms with Crippen LogP contribution in [-0.2, 0) is 11.2 Å². The Hall–Kier alpha value is -1.39. The van der Waals surface area contributed by atoms with Crippen molar-refractivity contribution in [1.29, 1.82) is 0 Å². The SMILES string of the molecule is NCCCCCC(=O)NNCCc1ccccc1. The molecule has 0 atom stereocenters. The average molecular weight is 249 g/mol. The number of rotatable bonds is 9. The van der Waals surface area contributed by atoms with Gasteiger partial charge in [0.2, 0.25) is 5.91 Å². The molecule has 0 unspecified atom stereocenters. The molecule has 0 radical (unpaired) electrons. The van der Waals surface area contributed by atoms with Crippen molar-refractivity contribution >= 4 is 5.91 Å². The molecule has 0 bridgehead atoms. The maximum Gasteiger partial charge on any atom is 0.234 e. The van der Waals surface area contributed by atoms with Gasteiger partial charge in [-0.1, -0.05) is 36.8 Å². The van der Waals surface area contributed by atoms with Gasteiger partial charge in [0, 0.05) is 13.0 Å². The van der Waals surface area contributed by atoms with E-state index in [1.165, 1.54) is 5.56 Å². The summed E-state index contributed by atoms with van der Waals surface area (Å²) >= 11 is 0. The van der Waals surface area contributed by atoms with Crippen molar-refractivity contribution in [2.24, 2.45) is 5.73 Å². The number of benzene rings is 1. The van der Waals surface area contributed by atoms with Gasteiger partial charge in [-0.25, -0.2) is 5.43 Å². The number of hydrogen-bond acceptors (Lipinski definition) is 3. The highest BCUT2D eigenvalue weighted by atomic mass is 16.2. The van der Waals surface area contributed by atoms with Gasteiger partial charge < -0.3 is 5.73 Å². The van der Waals surface area contributed by atoms with Crippen LogP contribution in [-0.4, -0.2) is 19.0 Å². The molecule has 1 aromatic carbocycles. The molecule has 0 spiro atoms. The van der Waals surface area contributed by atoms with E-state index >= 15 is 0 Å². The number of carbonyl (C=O) groups excluding carboxylic acids is 1. The van der Waals surface area contributed by atoms with Gasteiger partial charge >= 0.3 is 0 Å². The first-order valence-corrected chi connectivity index (χ1v) is 6.58. The quantitative estimate of drug-likeness (QED) is 0.457. The Morgan fingerprint density at radius 3 is 2.61 bits per heavy atom. The van der Waals surface area contributed by atoms with E-state index < -0.39 is 0 Å². The van der Waals surface area contributed by atoms with Crippen molar-refractivity contribution in [3.63, 3.8) is 0 Å². The smallest absolute Gasteiger partial charge is 0.234 e. The Morgan fingerprint density at radius 2 is 1.89 bits per heavy atom. The zero-order chi connectivity index (χ0) is 13.1. The second-order valence-electron chi connectivity index (χ2n) is 4.31. The van der Waals surface area contributed by atoms with Crippen molar-refractivity contribution in [2.75, 3.05) is 13.1 Å². The number of hydrogen-bond donors (Lipinski definition) is 3. The fourth-order valence-corrected chi connectivity index (χ4v) is 1.68. The summed E-state index contributed by atoms with van der Waals surface area (Å²) in [5.41, 5.74) is 12.3. The van der Waals surface area contributed by atoms with Gasteiger partial charge in [0.25, 0.3) is 0 Å². The monoisotopic (exact) mass is 249 g/mol. The van der Waals surface area contributed by atoms with Gasteiger partial charge in [0.15, 0.2) is 0 Å². The number of carbonyl (C=O) groups is 1. The minimum atomic E-state index is 0.0556. The zero-order valence-corrected chi connectivity index (χ0v) is 10.8. The number of hydrazine groups is 1. The lowest BCUT2D eigenvalue weighted by atomic mass is 10.2. The van der Waals surface area contributed by atoms with Gasteiger partial charge in [0.05, 0.1) is 0 Å². The van der Waals surface area contributed by atoms with Crippen LogP contribution in [0.15, 0.2) is 30.3 Å². The van der Waals surface area contributed by atoms with Crippen LogP contribution in [0.1, 0.15) is 31.2 Å². The molecule has 0 aromatic heterocycles. The van der Waals surface area contributed by atoms with Gasteiger partial charge in [-0.05, 0) is 31.4 Å². The molecule has 4 heteroatoms. The van der Waals surface area contributed by atoms with E-state index in [1.807, 2.05) is 18.2 Å². The topological polar surface area (TPSA) is 67.2 Å². The summed E-state index contributed by atoms with van der Waals surface area (Å²) in [4.78, 5) is 11.4. The van der Waals surface area contributed by atoms with E-state index in [1.54, 1.807) is 0 Å². The van der Waals surface area contributed by atoms with Crippen LogP contribution < -0.4 is 16.6 Å². The summed E-state index contributed by atoms with van der Waals surface area (Å²) in [5, 5.41) is 0. The molecule has 4 N–H and O–H groups in total. The largest absolute Gasteiger partial charge is 0.330 e. The highest BCUT2D eigenvalue weighted by Gasteiger charge is 1.99. The van der Waals surface area contributed by atoms with Crippen LogP contribution in [0.5, 0.6) is 0 Å². The second kappa shape index (κ2) is 9.62. The Morgan fingerprint density at radius 1 is 1.11 bits per heavy atom. The van der Waals surface area contributed by atoms with E-state index in [-0.39, 0.29) is 5.91 Å². The normalized spacial score (nSPS) is 10.3. The lowest BCUT2D eigenvalue weighted by Crippen LogP contribution is -2.38. The van der Waals surface area contributed by atoms with E-state index in [4.69, 9.17) is 5.73 Å². The molecule has 0 saturated carbocycles. The fraction of sp³-hybridized carbons (Fsp3) is 0.500. The first-order valence-electron chi connectivity index (χ1n) is 6.58. The van der Waals surface area contributed by atoms with E-state index in [0.717, 1.165) is 32.2 Å². The first-order chi connectivity index (χ1) is 8.83. The van der Waals surface area contributed by atoms with Gasteiger partial charge in [-0.2, -0.15) is 0 Å². The molecule has 0 heterocycles. The molecule has 100 valence electrons. The predicted octanol–water partition coefficient (Wildman–Crippen LogP) is 1.37. The molecule has 4 nitrogen and oxygen atoms in total. The fourth-order valence-electron chi connectivity index (χ4n) is 1.68. The molecular formula is C14H23N3O. The first kappa shape index (κ1) is 14.7. The Balaban J connectivity index is 1.99. The Kier molecular flexibility index (Phi) is 7.84. The summed E-state index contributed by atoms with van der Waals surface area (Å²) in [5.74, 6) is 0.0556. The van der Waals surface area contributed by atoms with Crippen LogP contribution in [0.2, 0.25) is 0 Å². The molecular weight excluding hydrogens is 226 g/mol. The third kappa shape index (κ3) is 7.04. The van der Waals surface area contributed by atoms with Crippen molar-refractivity contribution in [3.8, 4) is 0 Å². The van der Waals surface area contributed by atoms with E-state index in [2.05, 4.69) is 23.0 Å². The van der Waals surface area contributed by atoms with Crippen molar-refractivity contribution in [3.05, 3.63) is 35.9 Å². The van der Waals surface area contributed by atoms with Crippen LogP contribution in [0.3, 0.4) is 0 Å². The maximum atomic E-state index is 11.4. The van der Waals surface area contributed by atoms with Crippen molar-refractivity contribution < 1.29 is 4.79 Å². The van der Waals surface area contributed by atoms with Crippen LogP contribution in [0.25, 0.3) is 0 Å². The zero-order valence-electron chi connectivity index (χ0n) is 10.8. The standard InChI is InChI=1S/C14H23N3O/c15-11-6-2-5-9-14(18)17-16-12-10-13-7-3-1-4-8-13/h1,3-4,7-8,16H,2,5-6,9-12,15H2,(H,17,18). The summed E-state index contributed by atoms with van der Waals surface area (Å²) < 4.78 is 0. The summed E-state index contributed by atoms with van der Waals surface area (Å²) in [6, 6.07) is 10.2. The lowest BCUT2D eigenvalue weighted by Gasteiger charge is -2.07. The molecule has 1 rings (SSSR count). The molecule has 0 fully saturated rings.